The molecule has 1 aromatic heterocycles. The van der Waals surface area contributed by atoms with Gasteiger partial charge in [-0.1, -0.05) is 0 Å². The van der Waals surface area contributed by atoms with E-state index in [4.69, 9.17) is 9.84 Å². The quantitative estimate of drug-likeness (QED) is 0.891. The monoisotopic (exact) mass is 265 g/mol. The molecule has 18 heavy (non-hydrogen) atoms. The number of hydrogen-bond acceptors (Lipinski definition) is 5. The summed E-state index contributed by atoms with van der Waals surface area (Å²) in [7, 11) is 1.46. The Morgan fingerprint density at radius 1 is 1.44 bits per heavy atom. The molecule has 0 radical (unpaired) electrons. The number of carboxylic acid groups (broad SMARTS) is 1. The summed E-state index contributed by atoms with van der Waals surface area (Å²) in [6, 6.07) is 4.84. The molecule has 2 N–H and O–H groups in total. The number of aromatic hydroxyl groups is 1. The van der Waals surface area contributed by atoms with Crippen LogP contribution < -0.4 is 4.74 Å². The number of ether oxygens (including phenoxy) is 1. The normalized spacial score (nSPS) is 10.3. The van der Waals surface area contributed by atoms with Crippen LogP contribution in [0.5, 0.6) is 11.5 Å². The molecule has 6 heteroatoms. The smallest absolute Gasteiger partial charge is 0.355 e. The molecule has 0 aliphatic rings. The van der Waals surface area contributed by atoms with Gasteiger partial charge in [0.15, 0.2) is 17.2 Å². The molecule has 1 heterocycles. The lowest BCUT2D eigenvalue weighted by Crippen LogP contribution is -1.98. The summed E-state index contributed by atoms with van der Waals surface area (Å²) in [5.41, 5.74) is 0.708. The fraction of sp³-hybridized carbons (Fsp3) is 0.167. The van der Waals surface area contributed by atoms with E-state index in [9.17, 15) is 9.90 Å². The van der Waals surface area contributed by atoms with Gasteiger partial charge in [-0.15, -0.1) is 11.3 Å². The second-order valence-corrected chi connectivity index (χ2v) is 4.82. The van der Waals surface area contributed by atoms with Crippen molar-refractivity contribution in [2.45, 2.75) is 6.92 Å². The van der Waals surface area contributed by atoms with Crippen molar-refractivity contribution in [2.75, 3.05) is 7.11 Å². The molecule has 1 aromatic carbocycles. The molecule has 0 atom stereocenters. The van der Waals surface area contributed by atoms with Crippen LogP contribution in [0.15, 0.2) is 18.2 Å². The molecule has 0 saturated heterocycles. The standard InChI is InChI=1S/C12H11NO4S/c1-6-10(12(15)16)13-11(18-6)7-3-4-9(17-2)8(14)5-7/h3-5,14H,1-2H3,(H,15,16). The maximum atomic E-state index is 10.9. The maximum absolute atomic E-state index is 10.9. The van der Waals surface area contributed by atoms with Crippen molar-refractivity contribution in [3.05, 3.63) is 28.8 Å². The van der Waals surface area contributed by atoms with E-state index in [0.29, 0.717) is 21.2 Å². The highest BCUT2D eigenvalue weighted by Crippen LogP contribution is 2.34. The summed E-state index contributed by atoms with van der Waals surface area (Å²) in [5.74, 6) is -0.682. The summed E-state index contributed by atoms with van der Waals surface area (Å²) in [4.78, 5) is 15.6. The van der Waals surface area contributed by atoms with Crippen molar-refractivity contribution in [2.24, 2.45) is 0 Å². The van der Waals surface area contributed by atoms with E-state index in [1.165, 1.54) is 24.5 Å². The van der Waals surface area contributed by atoms with Crippen molar-refractivity contribution in [3.8, 4) is 22.1 Å². The average molecular weight is 265 g/mol. The molecule has 0 saturated carbocycles. The van der Waals surface area contributed by atoms with Crippen molar-refractivity contribution in [1.29, 1.82) is 0 Å². The molecule has 0 spiro atoms. The molecular weight excluding hydrogens is 254 g/mol. The summed E-state index contributed by atoms with van der Waals surface area (Å²) < 4.78 is 4.94. The highest BCUT2D eigenvalue weighted by atomic mass is 32.1. The third kappa shape index (κ3) is 2.14. The lowest BCUT2D eigenvalue weighted by Gasteiger charge is -2.03. The highest BCUT2D eigenvalue weighted by Gasteiger charge is 2.15. The van der Waals surface area contributed by atoms with Gasteiger partial charge in [-0.25, -0.2) is 9.78 Å². The second kappa shape index (κ2) is 4.66. The molecule has 0 amide bonds. The molecule has 0 bridgehead atoms. The molecular formula is C12H11NO4S. The van der Waals surface area contributed by atoms with E-state index in [1.807, 2.05) is 0 Å². The van der Waals surface area contributed by atoms with Gasteiger partial charge in [-0.05, 0) is 25.1 Å². The lowest BCUT2D eigenvalue weighted by molar-refractivity contribution is 0.0690. The zero-order valence-corrected chi connectivity index (χ0v) is 10.6. The molecule has 0 fully saturated rings. The predicted octanol–water partition coefficient (Wildman–Crippen LogP) is 2.53. The minimum Gasteiger partial charge on any atom is -0.504 e. The minimum atomic E-state index is -1.05. The SMILES string of the molecule is COc1ccc(-c2nc(C(=O)O)c(C)s2)cc1O. The van der Waals surface area contributed by atoms with Crippen LogP contribution in [-0.4, -0.2) is 28.3 Å². The number of thiazole rings is 1. The number of hydrogen-bond donors (Lipinski definition) is 2. The van der Waals surface area contributed by atoms with Gasteiger partial charge < -0.3 is 14.9 Å². The molecule has 5 nitrogen and oxygen atoms in total. The summed E-state index contributed by atoms with van der Waals surface area (Å²) in [6.07, 6.45) is 0. The first-order chi connectivity index (χ1) is 8.52. The number of benzene rings is 1. The summed E-state index contributed by atoms with van der Waals surface area (Å²) >= 11 is 1.27. The molecule has 0 aliphatic carbocycles. The van der Waals surface area contributed by atoms with Gasteiger partial charge in [0, 0.05) is 10.4 Å². The van der Waals surface area contributed by atoms with Crippen molar-refractivity contribution >= 4 is 17.3 Å². The van der Waals surface area contributed by atoms with Gasteiger partial charge in [0.1, 0.15) is 5.01 Å². The van der Waals surface area contributed by atoms with Gasteiger partial charge >= 0.3 is 5.97 Å². The number of carbonyl (C=O) groups is 1. The first kappa shape index (κ1) is 12.4. The number of methoxy groups -OCH3 is 1. The second-order valence-electron chi connectivity index (χ2n) is 3.62. The van der Waals surface area contributed by atoms with E-state index in [-0.39, 0.29) is 11.4 Å². The van der Waals surface area contributed by atoms with Crippen molar-refractivity contribution < 1.29 is 19.7 Å². The van der Waals surface area contributed by atoms with Crippen LogP contribution in [0.25, 0.3) is 10.6 Å². The maximum Gasteiger partial charge on any atom is 0.355 e. The van der Waals surface area contributed by atoms with Gasteiger partial charge in [0.2, 0.25) is 0 Å². The lowest BCUT2D eigenvalue weighted by atomic mass is 10.2. The third-order valence-electron chi connectivity index (χ3n) is 2.42. The Labute approximate surface area is 107 Å². The summed E-state index contributed by atoms with van der Waals surface area (Å²) in [6.45, 7) is 1.70. The number of aromatic nitrogens is 1. The van der Waals surface area contributed by atoms with E-state index < -0.39 is 5.97 Å². The minimum absolute atomic E-state index is 0.000252. The first-order valence-corrected chi connectivity index (χ1v) is 5.92. The van der Waals surface area contributed by atoms with Crippen molar-refractivity contribution in [1.82, 2.24) is 4.98 Å². The van der Waals surface area contributed by atoms with E-state index in [2.05, 4.69) is 4.98 Å². The fourth-order valence-electron chi connectivity index (χ4n) is 1.54. The number of rotatable bonds is 3. The van der Waals surface area contributed by atoms with Crippen LogP contribution >= 0.6 is 11.3 Å². The Morgan fingerprint density at radius 2 is 2.17 bits per heavy atom. The van der Waals surface area contributed by atoms with Crippen LogP contribution in [0.2, 0.25) is 0 Å². The molecule has 94 valence electrons. The van der Waals surface area contributed by atoms with Crippen LogP contribution in [-0.2, 0) is 0 Å². The Hall–Kier alpha value is -2.08. The number of nitrogens with zero attached hydrogens (tertiary/aromatic N) is 1. The number of aryl methyl sites for hydroxylation is 1. The zero-order chi connectivity index (χ0) is 13.3. The Kier molecular flexibility index (Phi) is 3.20. The molecule has 2 aromatic rings. The number of phenols is 1. The summed E-state index contributed by atoms with van der Waals surface area (Å²) in [5, 5.41) is 19.2. The van der Waals surface area contributed by atoms with E-state index >= 15 is 0 Å². The zero-order valence-electron chi connectivity index (χ0n) is 9.80. The Morgan fingerprint density at radius 3 is 2.67 bits per heavy atom. The van der Waals surface area contributed by atoms with Crippen LogP contribution in [0, 0.1) is 6.92 Å². The van der Waals surface area contributed by atoms with Gasteiger partial charge in [-0.3, -0.25) is 0 Å². The topological polar surface area (TPSA) is 79.7 Å². The number of aromatic carboxylic acids is 1. The van der Waals surface area contributed by atoms with Crippen LogP contribution in [0.3, 0.4) is 0 Å². The van der Waals surface area contributed by atoms with E-state index in [1.54, 1.807) is 19.1 Å². The van der Waals surface area contributed by atoms with Crippen LogP contribution in [0.1, 0.15) is 15.4 Å². The van der Waals surface area contributed by atoms with Gasteiger partial charge in [0.05, 0.1) is 7.11 Å². The van der Waals surface area contributed by atoms with Crippen molar-refractivity contribution in [3.63, 3.8) is 0 Å². The number of phenolic OH excluding ortho intramolecular Hbond substituents is 1. The molecule has 0 aliphatic heterocycles. The largest absolute Gasteiger partial charge is 0.504 e. The average Bonchev–Trinajstić information content (AvgIpc) is 2.71. The highest BCUT2D eigenvalue weighted by molar-refractivity contribution is 7.15. The third-order valence-corrected chi connectivity index (χ3v) is 3.44. The molecule has 2 rings (SSSR count). The predicted molar refractivity (Wildman–Crippen MR) is 67.5 cm³/mol. The molecule has 0 unspecified atom stereocenters. The Bertz CT molecular complexity index is 606. The fourth-order valence-corrected chi connectivity index (χ4v) is 2.44. The van der Waals surface area contributed by atoms with Gasteiger partial charge in [-0.2, -0.15) is 0 Å². The first-order valence-electron chi connectivity index (χ1n) is 5.11. The number of carboxylic acids is 1. The van der Waals surface area contributed by atoms with Gasteiger partial charge in [0.25, 0.3) is 0 Å². The Balaban J connectivity index is 2.46. The van der Waals surface area contributed by atoms with E-state index in [0.717, 1.165) is 0 Å². The van der Waals surface area contributed by atoms with Crippen LogP contribution in [0.4, 0.5) is 0 Å².